The van der Waals surface area contributed by atoms with Crippen LogP contribution in [0.2, 0.25) is 0 Å². The standard InChI is InChI=1S/C19H18BrNO6/c1-10-5-13(20)9-15(16(10)25-2)17(22)21-14-7-11(18(23)26-3)6-12(8-14)19(24)27-4/h5-9H,1-4H3,(H,21,22). The lowest BCUT2D eigenvalue weighted by molar-refractivity contribution is 0.0599. The van der Waals surface area contributed by atoms with Gasteiger partial charge in [-0.2, -0.15) is 0 Å². The second-order valence-electron chi connectivity index (χ2n) is 5.54. The maximum Gasteiger partial charge on any atom is 0.337 e. The number of ether oxygens (including phenoxy) is 3. The lowest BCUT2D eigenvalue weighted by Crippen LogP contribution is -2.15. The van der Waals surface area contributed by atoms with E-state index in [-0.39, 0.29) is 16.8 Å². The third kappa shape index (κ3) is 4.65. The van der Waals surface area contributed by atoms with Gasteiger partial charge in [-0.3, -0.25) is 4.79 Å². The average molecular weight is 436 g/mol. The number of anilines is 1. The first-order valence-electron chi connectivity index (χ1n) is 7.78. The molecular weight excluding hydrogens is 418 g/mol. The molecule has 2 aromatic carbocycles. The minimum absolute atomic E-state index is 0.105. The monoisotopic (exact) mass is 435 g/mol. The zero-order chi connectivity index (χ0) is 20.1. The van der Waals surface area contributed by atoms with Gasteiger partial charge in [-0.15, -0.1) is 0 Å². The predicted octanol–water partition coefficient (Wildman–Crippen LogP) is 3.59. The van der Waals surface area contributed by atoms with Gasteiger partial charge in [0.15, 0.2) is 0 Å². The summed E-state index contributed by atoms with van der Waals surface area (Å²) in [7, 11) is 3.92. The van der Waals surface area contributed by atoms with Crippen molar-refractivity contribution in [2.75, 3.05) is 26.6 Å². The van der Waals surface area contributed by atoms with Crippen LogP contribution in [0.25, 0.3) is 0 Å². The van der Waals surface area contributed by atoms with Crippen molar-refractivity contribution in [2.45, 2.75) is 6.92 Å². The van der Waals surface area contributed by atoms with Crippen molar-refractivity contribution < 1.29 is 28.6 Å². The second-order valence-corrected chi connectivity index (χ2v) is 6.46. The summed E-state index contributed by atoms with van der Waals surface area (Å²) in [4.78, 5) is 36.5. The predicted molar refractivity (Wildman–Crippen MR) is 103 cm³/mol. The van der Waals surface area contributed by atoms with Crippen molar-refractivity contribution in [3.05, 3.63) is 57.1 Å². The molecule has 1 N–H and O–H groups in total. The fourth-order valence-corrected chi connectivity index (χ4v) is 3.11. The van der Waals surface area contributed by atoms with Crippen LogP contribution in [0.5, 0.6) is 5.75 Å². The molecule has 0 spiro atoms. The molecule has 0 bridgehead atoms. The van der Waals surface area contributed by atoms with E-state index in [1.54, 1.807) is 6.07 Å². The number of carbonyl (C=O) groups excluding carboxylic acids is 3. The number of nitrogens with one attached hydrogen (secondary N) is 1. The summed E-state index contributed by atoms with van der Waals surface area (Å²) in [5, 5.41) is 2.67. The molecule has 0 aromatic heterocycles. The van der Waals surface area contributed by atoms with Gasteiger partial charge >= 0.3 is 11.9 Å². The molecule has 0 saturated heterocycles. The van der Waals surface area contributed by atoms with Crippen LogP contribution in [0, 0.1) is 6.92 Å². The van der Waals surface area contributed by atoms with E-state index in [0.29, 0.717) is 15.8 Å². The van der Waals surface area contributed by atoms with E-state index in [1.165, 1.54) is 39.5 Å². The van der Waals surface area contributed by atoms with E-state index in [1.807, 2.05) is 13.0 Å². The number of rotatable bonds is 5. The fourth-order valence-electron chi connectivity index (χ4n) is 2.54. The number of benzene rings is 2. The highest BCUT2D eigenvalue weighted by Crippen LogP contribution is 2.29. The average Bonchev–Trinajstić information content (AvgIpc) is 2.65. The van der Waals surface area contributed by atoms with Gasteiger partial charge in [0.05, 0.1) is 38.0 Å². The number of methoxy groups -OCH3 is 3. The van der Waals surface area contributed by atoms with Crippen molar-refractivity contribution >= 4 is 39.5 Å². The van der Waals surface area contributed by atoms with Crippen LogP contribution in [0.15, 0.2) is 34.8 Å². The van der Waals surface area contributed by atoms with E-state index in [2.05, 4.69) is 30.7 Å². The number of hydrogen-bond donors (Lipinski definition) is 1. The van der Waals surface area contributed by atoms with Gasteiger partial charge in [-0.25, -0.2) is 9.59 Å². The summed E-state index contributed by atoms with van der Waals surface area (Å²) < 4.78 is 15.4. The Labute approximate surface area is 164 Å². The number of carbonyl (C=O) groups is 3. The van der Waals surface area contributed by atoms with E-state index >= 15 is 0 Å². The first kappa shape index (κ1) is 20.4. The summed E-state index contributed by atoms with van der Waals surface area (Å²) in [6.45, 7) is 1.81. The first-order valence-corrected chi connectivity index (χ1v) is 8.57. The minimum Gasteiger partial charge on any atom is -0.496 e. The van der Waals surface area contributed by atoms with Crippen molar-refractivity contribution in [3.63, 3.8) is 0 Å². The highest BCUT2D eigenvalue weighted by molar-refractivity contribution is 9.10. The number of amides is 1. The Balaban J connectivity index is 2.46. The summed E-state index contributed by atoms with van der Waals surface area (Å²) in [6.07, 6.45) is 0. The molecule has 0 fully saturated rings. The van der Waals surface area contributed by atoms with Crippen LogP contribution in [0.3, 0.4) is 0 Å². The summed E-state index contributed by atoms with van der Waals surface area (Å²) in [6, 6.07) is 7.59. The summed E-state index contributed by atoms with van der Waals surface area (Å²) in [5.74, 6) is -1.33. The largest absolute Gasteiger partial charge is 0.496 e. The molecular formula is C19H18BrNO6. The number of esters is 2. The van der Waals surface area contributed by atoms with Gasteiger partial charge in [0.1, 0.15) is 5.75 Å². The van der Waals surface area contributed by atoms with E-state index in [0.717, 1.165) is 5.56 Å². The number of halogens is 1. The van der Waals surface area contributed by atoms with Crippen molar-refractivity contribution in [3.8, 4) is 5.75 Å². The third-order valence-corrected chi connectivity index (χ3v) is 4.18. The Morgan fingerprint density at radius 2 is 1.44 bits per heavy atom. The zero-order valence-corrected chi connectivity index (χ0v) is 16.8. The molecule has 27 heavy (non-hydrogen) atoms. The molecule has 0 atom stereocenters. The molecule has 0 aliphatic heterocycles. The SMILES string of the molecule is COC(=O)c1cc(NC(=O)c2cc(Br)cc(C)c2OC)cc(C(=O)OC)c1. The topological polar surface area (TPSA) is 90.9 Å². The van der Waals surface area contributed by atoms with Gasteiger partial charge in [-0.05, 0) is 42.8 Å². The van der Waals surface area contributed by atoms with Crippen molar-refractivity contribution in [1.82, 2.24) is 0 Å². The van der Waals surface area contributed by atoms with Crippen LogP contribution >= 0.6 is 15.9 Å². The Kier molecular flexibility index (Phi) is 6.57. The van der Waals surface area contributed by atoms with Crippen LogP contribution in [0.4, 0.5) is 5.69 Å². The minimum atomic E-state index is -0.646. The molecule has 7 nitrogen and oxygen atoms in total. The van der Waals surface area contributed by atoms with Crippen molar-refractivity contribution in [2.24, 2.45) is 0 Å². The smallest absolute Gasteiger partial charge is 0.337 e. The molecule has 0 aliphatic carbocycles. The molecule has 2 rings (SSSR count). The van der Waals surface area contributed by atoms with E-state index < -0.39 is 17.8 Å². The van der Waals surface area contributed by atoms with Gasteiger partial charge in [0, 0.05) is 10.2 Å². The second kappa shape index (κ2) is 8.68. The number of hydrogen-bond acceptors (Lipinski definition) is 6. The summed E-state index contributed by atoms with van der Waals surface area (Å²) >= 11 is 3.35. The third-order valence-electron chi connectivity index (χ3n) is 3.72. The van der Waals surface area contributed by atoms with Gasteiger partial charge < -0.3 is 19.5 Å². The quantitative estimate of drug-likeness (QED) is 0.721. The van der Waals surface area contributed by atoms with Crippen LogP contribution in [-0.2, 0) is 9.47 Å². The molecule has 2 aromatic rings. The molecule has 0 radical (unpaired) electrons. The lowest BCUT2D eigenvalue weighted by atomic mass is 10.1. The Morgan fingerprint density at radius 1 is 0.889 bits per heavy atom. The Hall–Kier alpha value is -2.87. The first-order chi connectivity index (χ1) is 12.8. The highest BCUT2D eigenvalue weighted by Gasteiger charge is 2.18. The van der Waals surface area contributed by atoms with Crippen molar-refractivity contribution in [1.29, 1.82) is 0 Å². The Morgan fingerprint density at radius 3 is 1.93 bits per heavy atom. The maximum atomic E-state index is 12.8. The van der Waals surface area contributed by atoms with Gasteiger partial charge in [-0.1, -0.05) is 15.9 Å². The molecule has 0 heterocycles. The van der Waals surface area contributed by atoms with Crippen LogP contribution < -0.4 is 10.1 Å². The zero-order valence-electron chi connectivity index (χ0n) is 15.2. The van der Waals surface area contributed by atoms with E-state index in [9.17, 15) is 14.4 Å². The van der Waals surface area contributed by atoms with Crippen LogP contribution in [-0.4, -0.2) is 39.2 Å². The molecule has 8 heteroatoms. The molecule has 0 unspecified atom stereocenters. The number of aryl methyl sites for hydroxylation is 1. The lowest BCUT2D eigenvalue weighted by Gasteiger charge is -2.13. The molecule has 0 saturated carbocycles. The van der Waals surface area contributed by atoms with Crippen LogP contribution in [0.1, 0.15) is 36.6 Å². The van der Waals surface area contributed by atoms with Gasteiger partial charge in [0.2, 0.25) is 0 Å². The molecule has 142 valence electrons. The summed E-state index contributed by atoms with van der Waals surface area (Å²) in [5.41, 5.74) is 1.52. The molecule has 0 aliphatic rings. The maximum absolute atomic E-state index is 12.8. The van der Waals surface area contributed by atoms with Gasteiger partial charge in [0.25, 0.3) is 5.91 Å². The van der Waals surface area contributed by atoms with E-state index in [4.69, 9.17) is 4.74 Å². The highest BCUT2D eigenvalue weighted by atomic mass is 79.9. The normalized spacial score (nSPS) is 10.1. The Bertz CT molecular complexity index is 875. The fraction of sp³-hybridized carbons (Fsp3) is 0.211. The molecule has 1 amide bonds.